The van der Waals surface area contributed by atoms with Gasteiger partial charge in [0.15, 0.2) is 5.76 Å². The summed E-state index contributed by atoms with van der Waals surface area (Å²) in [7, 11) is 0. The lowest BCUT2D eigenvalue weighted by Crippen LogP contribution is -2.49. The highest BCUT2D eigenvalue weighted by Gasteiger charge is 2.32. The number of hydrogen-bond donors (Lipinski definition) is 1. The Kier molecular flexibility index (Phi) is 4.55. The van der Waals surface area contributed by atoms with Gasteiger partial charge in [-0.15, -0.1) is 0 Å². The van der Waals surface area contributed by atoms with Gasteiger partial charge < -0.3 is 14.6 Å². The predicted molar refractivity (Wildman–Crippen MR) is 92.9 cm³/mol. The van der Waals surface area contributed by atoms with Gasteiger partial charge in [0.25, 0.3) is 5.91 Å². The fraction of sp³-hybridized carbons (Fsp3) is 0.421. The average Bonchev–Trinajstić information content (AvgIpc) is 3.33. The van der Waals surface area contributed by atoms with E-state index in [1.165, 1.54) is 12.1 Å². The van der Waals surface area contributed by atoms with Crippen molar-refractivity contribution < 1.29 is 13.6 Å². The average molecular weight is 343 g/mol. The number of rotatable bonds is 3. The van der Waals surface area contributed by atoms with Crippen LogP contribution >= 0.6 is 0 Å². The molecule has 25 heavy (non-hydrogen) atoms. The molecule has 1 amide bonds. The van der Waals surface area contributed by atoms with Crippen LogP contribution in [0.2, 0.25) is 0 Å². The lowest BCUT2D eigenvalue weighted by atomic mass is 10.2. The highest BCUT2D eigenvalue weighted by Crippen LogP contribution is 2.25. The van der Waals surface area contributed by atoms with Crippen LogP contribution in [0.3, 0.4) is 0 Å². The smallest absolute Gasteiger partial charge is 0.289 e. The van der Waals surface area contributed by atoms with E-state index in [4.69, 9.17) is 4.42 Å². The van der Waals surface area contributed by atoms with Crippen molar-refractivity contribution in [1.29, 1.82) is 0 Å². The Hall–Kier alpha value is -2.18. The Labute approximate surface area is 146 Å². The summed E-state index contributed by atoms with van der Waals surface area (Å²) in [6.07, 6.45) is 1.01. The van der Waals surface area contributed by atoms with Crippen LogP contribution in [0.5, 0.6) is 0 Å². The Bertz CT molecular complexity index is 737. The van der Waals surface area contributed by atoms with Gasteiger partial charge >= 0.3 is 0 Å². The van der Waals surface area contributed by atoms with Crippen LogP contribution in [-0.4, -0.2) is 61.0 Å². The summed E-state index contributed by atoms with van der Waals surface area (Å²) in [6.45, 7) is 5.64. The molecule has 1 N–H and O–H groups in total. The van der Waals surface area contributed by atoms with Gasteiger partial charge in [0.2, 0.25) is 0 Å². The van der Waals surface area contributed by atoms with Crippen molar-refractivity contribution >= 4 is 5.91 Å². The van der Waals surface area contributed by atoms with Crippen LogP contribution in [0.1, 0.15) is 17.0 Å². The van der Waals surface area contributed by atoms with Crippen molar-refractivity contribution in [2.75, 3.05) is 39.3 Å². The molecule has 0 spiro atoms. The zero-order valence-corrected chi connectivity index (χ0v) is 14.1. The summed E-state index contributed by atoms with van der Waals surface area (Å²) in [5.41, 5.74) is 0.764. The molecule has 0 bridgehead atoms. The minimum absolute atomic E-state index is 0.0639. The summed E-state index contributed by atoms with van der Waals surface area (Å²) in [5, 5.41) is 3.36. The molecule has 2 aliphatic rings. The Balaban J connectivity index is 1.42. The quantitative estimate of drug-likeness (QED) is 0.928. The molecule has 6 heteroatoms. The normalized spacial score (nSPS) is 21.6. The fourth-order valence-electron chi connectivity index (χ4n) is 3.65. The van der Waals surface area contributed by atoms with Gasteiger partial charge in [-0.2, -0.15) is 0 Å². The first-order valence-corrected chi connectivity index (χ1v) is 8.80. The molecule has 1 aromatic heterocycles. The third kappa shape index (κ3) is 3.45. The van der Waals surface area contributed by atoms with E-state index >= 15 is 0 Å². The first-order chi connectivity index (χ1) is 12.2. The van der Waals surface area contributed by atoms with Crippen LogP contribution in [0.25, 0.3) is 11.3 Å². The molecule has 132 valence electrons. The lowest BCUT2D eigenvalue weighted by Gasteiger charge is -2.32. The van der Waals surface area contributed by atoms with Crippen molar-refractivity contribution in [1.82, 2.24) is 15.1 Å². The third-order valence-electron chi connectivity index (χ3n) is 5.06. The molecule has 3 heterocycles. The van der Waals surface area contributed by atoms with E-state index in [9.17, 15) is 9.18 Å². The zero-order chi connectivity index (χ0) is 17.2. The van der Waals surface area contributed by atoms with Gasteiger partial charge in [-0.1, -0.05) is 0 Å². The van der Waals surface area contributed by atoms with Crippen LogP contribution in [-0.2, 0) is 0 Å². The number of furan rings is 1. The van der Waals surface area contributed by atoms with Crippen molar-refractivity contribution in [2.45, 2.75) is 12.5 Å². The summed E-state index contributed by atoms with van der Waals surface area (Å²) in [5.74, 6) is 0.579. The van der Waals surface area contributed by atoms with Crippen molar-refractivity contribution in [3.8, 4) is 11.3 Å². The van der Waals surface area contributed by atoms with E-state index in [1.54, 1.807) is 24.3 Å². The Morgan fingerprint density at radius 2 is 1.84 bits per heavy atom. The van der Waals surface area contributed by atoms with Gasteiger partial charge in [-0.25, -0.2) is 4.39 Å². The van der Waals surface area contributed by atoms with Crippen molar-refractivity contribution in [2.24, 2.45) is 0 Å². The largest absolute Gasteiger partial charge is 0.451 e. The molecule has 0 aliphatic carbocycles. The topological polar surface area (TPSA) is 48.7 Å². The molecule has 2 aromatic rings. The predicted octanol–water partition coefficient (Wildman–Crippen LogP) is 2.21. The van der Waals surface area contributed by atoms with Gasteiger partial charge in [0, 0.05) is 50.9 Å². The molecule has 0 saturated carbocycles. The summed E-state index contributed by atoms with van der Waals surface area (Å²) >= 11 is 0. The number of benzene rings is 1. The molecule has 2 fully saturated rings. The van der Waals surface area contributed by atoms with Crippen molar-refractivity contribution in [3.63, 3.8) is 0 Å². The first-order valence-electron chi connectivity index (χ1n) is 8.80. The molecule has 2 aliphatic heterocycles. The van der Waals surface area contributed by atoms with Gasteiger partial charge in [0.05, 0.1) is 0 Å². The highest BCUT2D eigenvalue weighted by molar-refractivity contribution is 5.92. The van der Waals surface area contributed by atoms with E-state index in [-0.39, 0.29) is 11.7 Å². The van der Waals surface area contributed by atoms with E-state index in [1.807, 2.05) is 4.90 Å². The second-order valence-electron chi connectivity index (χ2n) is 6.65. The van der Waals surface area contributed by atoms with Crippen LogP contribution < -0.4 is 5.32 Å². The molecular formula is C19H22FN3O2. The SMILES string of the molecule is O=C(c1ccc(-c2ccc(F)cc2)o1)N1CCC(N2CCNCC2)C1. The molecule has 1 aromatic carbocycles. The number of likely N-dealkylation sites (tertiary alicyclic amines) is 1. The van der Waals surface area contributed by atoms with E-state index in [2.05, 4.69) is 10.2 Å². The summed E-state index contributed by atoms with van der Waals surface area (Å²) in [4.78, 5) is 17.1. The van der Waals surface area contributed by atoms with E-state index < -0.39 is 0 Å². The lowest BCUT2D eigenvalue weighted by molar-refractivity contribution is 0.0743. The second kappa shape index (κ2) is 6.98. The monoisotopic (exact) mass is 343 g/mol. The van der Waals surface area contributed by atoms with Crippen molar-refractivity contribution in [3.05, 3.63) is 48.0 Å². The molecular weight excluding hydrogens is 321 g/mol. The summed E-state index contributed by atoms with van der Waals surface area (Å²) < 4.78 is 18.8. The number of hydrogen-bond acceptors (Lipinski definition) is 4. The maximum absolute atomic E-state index is 13.0. The van der Waals surface area contributed by atoms with Crippen LogP contribution in [0, 0.1) is 5.82 Å². The Morgan fingerprint density at radius 1 is 1.08 bits per heavy atom. The molecule has 2 saturated heterocycles. The standard InChI is InChI=1S/C19H22FN3O2/c20-15-3-1-14(2-4-15)17-5-6-18(25-17)19(24)23-10-7-16(13-23)22-11-8-21-9-12-22/h1-6,16,21H,7-13H2. The fourth-order valence-corrected chi connectivity index (χ4v) is 3.65. The first kappa shape index (κ1) is 16.3. The molecule has 1 unspecified atom stereocenters. The van der Waals surface area contributed by atoms with Gasteiger partial charge in [0.1, 0.15) is 11.6 Å². The third-order valence-corrected chi connectivity index (χ3v) is 5.06. The maximum Gasteiger partial charge on any atom is 0.289 e. The number of nitrogens with one attached hydrogen (secondary N) is 1. The molecule has 0 radical (unpaired) electrons. The van der Waals surface area contributed by atoms with Gasteiger partial charge in [-0.3, -0.25) is 9.69 Å². The number of amides is 1. The molecule has 1 atom stereocenters. The van der Waals surface area contributed by atoms with Crippen LogP contribution in [0.15, 0.2) is 40.8 Å². The second-order valence-corrected chi connectivity index (χ2v) is 6.65. The Morgan fingerprint density at radius 3 is 2.60 bits per heavy atom. The highest BCUT2D eigenvalue weighted by atomic mass is 19.1. The number of piperazine rings is 1. The molecule has 5 nitrogen and oxygen atoms in total. The van der Waals surface area contributed by atoms with E-state index in [0.717, 1.165) is 51.3 Å². The molecule has 4 rings (SSSR count). The van der Waals surface area contributed by atoms with E-state index in [0.29, 0.717) is 17.6 Å². The number of carbonyl (C=O) groups is 1. The number of nitrogens with zero attached hydrogens (tertiary/aromatic N) is 2. The minimum Gasteiger partial charge on any atom is -0.451 e. The minimum atomic E-state index is -0.289. The number of carbonyl (C=O) groups excluding carboxylic acids is 1. The van der Waals surface area contributed by atoms with Gasteiger partial charge in [-0.05, 0) is 42.8 Å². The van der Waals surface area contributed by atoms with Crippen LogP contribution in [0.4, 0.5) is 4.39 Å². The number of halogens is 1. The summed E-state index contributed by atoms with van der Waals surface area (Å²) in [6, 6.07) is 9.99. The maximum atomic E-state index is 13.0. The zero-order valence-electron chi connectivity index (χ0n) is 14.1.